The number of ether oxygens (including phenoxy) is 1. The minimum absolute atomic E-state index is 0.429. The fourth-order valence-corrected chi connectivity index (χ4v) is 0.653. The van der Waals surface area contributed by atoms with Gasteiger partial charge in [-0.15, -0.1) is 0 Å². The first-order valence-electron chi connectivity index (χ1n) is 4.16. The maximum Gasteiger partial charge on any atom is 0.311 e. The minimum Gasteiger partial charge on any atom is -0.460 e. The molecule has 0 aliphatic heterocycles. The molecule has 0 aliphatic carbocycles. The molecule has 0 aliphatic rings. The van der Waals surface area contributed by atoms with Crippen molar-refractivity contribution in [2.24, 2.45) is 11.7 Å². The zero-order valence-corrected chi connectivity index (χ0v) is 8.50. The van der Waals surface area contributed by atoms with E-state index in [4.69, 9.17) is 15.7 Å². The SMILES string of the molecule is C[C@H](C(=O)OC(C)(C)C)[C@@H](N)C#N. The summed E-state index contributed by atoms with van der Waals surface area (Å²) in [5, 5.41) is 8.47. The number of nitrogens with two attached hydrogens (primary N) is 1. The van der Waals surface area contributed by atoms with Gasteiger partial charge in [0, 0.05) is 0 Å². The average Bonchev–Trinajstić information content (AvgIpc) is 1.98. The number of carbonyl (C=O) groups is 1. The molecular formula is C9H16N2O2. The first-order valence-corrected chi connectivity index (χ1v) is 4.16. The lowest BCUT2D eigenvalue weighted by Gasteiger charge is -2.22. The standard InChI is InChI=1S/C9H16N2O2/c1-6(7(11)5-10)8(12)13-9(2,3)4/h6-7H,11H2,1-4H3/t6-,7-/m0/s1. The predicted molar refractivity (Wildman–Crippen MR) is 48.6 cm³/mol. The number of nitrogens with zero attached hydrogens (tertiary/aromatic N) is 1. The minimum atomic E-state index is -0.796. The second kappa shape index (κ2) is 4.24. The fourth-order valence-electron chi connectivity index (χ4n) is 0.653. The molecule has 0 spiro atoms. The van der Waals surface area contributed by atoms with Gasteiger partial charge in [0.25, 0.3) is 0 Å². The molecule has 4 heteroatoms. The van der Waals surface area contributed by atoms with Crippen LogP contribution < -0.4 is 5.73 Å². The van der Waals surface area contributed by atoms with Gasteiger partial charge in [-0.05, 0) is 27.7 Å². The molecule has 0 saturated heterocycles. The molecule has 0 unspecified atom stereocenters. The van der Waals surface area contributed by atoms with Gasteiger partial charge in [0.2, 0.25) is 0 Å². The number of nitriles is 1. The Morgan fingerprint density at radius 2 is 2.00 bits per heavy atom. The van der Waals surface area contributed by atoms with Gasteiger partial charge in [0.05, 0.1) is 12.0 Å². The lowest BCUT2D eigenvalue weighted by molar-refractivity contribution is -0.159. The molecule has 0 heterocycles. The first-order chi connectivity index (χ1) is 5.78. The Bertz CT molecular complexity index is 225. The van der Waals surface area contributed by atoms with Gasteiger partial charge in [0.15, 0.2) is 0 Å². The molecule has 0 bridgehead atoms. The van der Waals surface area contributed by atoms with E-state index in [1.807, 2.05) is 6.07 Å². The smallest absolute Gasteiger partial charge is 0.311 e. The van der Waals surface area contributed by atoms with E-state index in [1.165, 1.54) is 0 Å². The molecule has 0 saturated carbocycles. The first kappa shape index (κ1) is 11.9. The van der Waals surface area contributed by atoms with Crippen LogP contribution in [-0.4, -0.2) is 17.6 Å². The van der Waals surface area contributed by atoms with Crippen molar-refractivity contribution >= 4 is 5.97 Å². The van der Waals surface area contributed by atoms with Crippen LogP contribution >= 0.6 is 0 Å². The molecule has 2 atom stereocenters. The van der Waals surface area contributed by atoms with Crippen molar-refractivity contribution in [3.63, 3.8) is 0 Å². The van der Waals surface area contributed by atoms with Crippen molar-refractivity contribution in [1.82, 2.24) is 0 Å². The van der Waals surface area contributed by atoms with Crippen LogP contribution in [0.4, 0.5) is 0 Å². The Balaban J connectivity index is 4.22. The zero-order chi connectivity index (χ0) is 10.6. The summed E-state index contributed by atoms with van der Waals surface area (Å²) in [5.41, 5.74) is 4.85. The molecule has 0 fully saturated rings. The molecule has 13 heavy (non-hydrogen) atoms. The van der Waals surface area contributed by atoms with Crippen LogP contribution in [0.25, 0.3) is 0 Å². The van der Waals surface area contributed by atoms with Gasteiger partial charge < -0.3 is 10.5 Å². The average molecular weight is 184 g/mol. The van der Waals surface area contributed by atoms with Crippen LogP contribution in [0.2, 0.25) is 0 Å². The Morgan fingerprint density at radius 1 is 1.54 bits per heavy atom. The van der Waals surface area contributed by atoms with Crippen LogP contribution in [0.15, 0.2) is 0 Å². The van der Waals surface area contributed by atoms with Crippen molar-refractivity contribution in [2.75, 3.05) is 0 Å². The molecule has 0 aromatic rings. The topological polar surface area (TPSA) is 76.1 Å². The van der Waals surface area contributed by atoms with Crippen LogP contribution in [0.1, 0.15) is 27.7 Å². The third-order valence-electron chi connectivity index (χ3n) is 1.47. The van der Waals surface area contributed by atoms with Crippen LogP contribution in [0.3, 0.4) is 0 Å². The largest absolute Gasteiger partial charge is 0.460 e. The van der Waals surface area contributed by atoms with E-state index in [9.17, 15) is 4.79 Å². The molecule has 0 amide bonds. The Hall–Kier alpha value is -1.08. The molecule has 0 aromatic heterocycles. The number of hydrogen-bond donors (Lipinski definition) is 1. The number of rotatable bonds is 2. The molecule has 0 aromatic carbocycles. The van der Waals surface area contributed by atoms with E-state index < -0.39 is 23.5 Å². The van der Waals surface area contributed by atoms with Crippen molar-refractivity contribution in [2.45, 2.75) is 39.3 Å². The molecule has 2 N–H and O–H groups in total. The maximum absolute atomic E-state index is 11.3. The van der Waals surface area contributed by atoms with Gasteiger partial charge in [-0.3, -0.25) is 4.79 Å². The van der Waals surface area contributed by atoms with Gasteiger partial charge in [-0.1, -0.05) is 0 Å². The van der Waals surface area contributed by atoms with Gasteiger partial charge in [-0.25, -0.2) is 0 Å². The van der Waals surface area contributed by atoms with E-state index in [0.29, 0.717) is 0 Å². The summed E-state index contributed by atoms with van der Waals surface area (Å²) in [7, 11) is 0. The van der Waals surface area contributed by atoms with Crippen molar-refractivity contribution in [3.05, 3.63) is 0 Å². The number of esters is 1. The van der Waals surface area contributed by atoms with Crippen LogP contribution in [-0.2, 0) is 9.53 Å². The lowest BCUT2D eigenvalue weighted by Crippen LogP contribution is -2.36. The lowest BCUT2D eigenvalue weighted by atomic mass is 10.0. The maximum atomic E-state index is 11.3. The summed E-state index contributed by atoms with van der Waals surface area (Å²) in [6, 6.07) is 1.01. The summed E-state index contributed by atoms with van der Waals surface area (Å²) in [5.74, 6) is -1.01. The normalized spacial score (nSPS) is 15.7. The zero-order valence-electron chi connectivity index (χ0n) is 8.50. The second-order valence-corrected chi connectivity index (χ2v) is 3.98. The fraction of sp³-hybridized carbons (Fsp3) is 0.778. The second-order valence-electron chi connectivity index (χ2n) is 3.98. The van der Waals surface area contributed by atoms with Crippen LogP contribution in [0.5, 0.6) is 0 Å². The van der Waals surface area contributed by atoms with Crippen molar-refractivity contribution < 1.29 is 9.53 Å². The molecular weight excluding hydrogens is 168 g/mol. The summed E-state index contributed by atoms with van der Waals surface area (Å²) in [6.07, 6.45) is 0. The highest BCUT2D eigenvalue weighted by Gasteiger charge is 2.25. The Labute approximate surface area is 78.7 Å². The van der Waals surface area contributed by atoms with E-state index in [-0.39, 0.29) is 0 Å². The molecule has 74 valence electrons. The van der Waals surface area contributed by atoms with E-state index in [1.54, 1.807) is 27.7 Å². The predicted octanol–water partition coefficient (Wildman–Crippen LogP) is 0.815. The molecule has 0 rings (SSSR count). The number of hydrogen-bond acceptors (Lipinski definition) is 4. The van der Waals surface area contributed by atoms with E-state index in [0.717, 1.165) is 0 Å². The Morgan fingerprint density at radius 3 is 2.31 bits per heavy atom. The van der Waals surface area contributed by atoms with Gasteiger partial charge in [0.1, 0.15) is 11.6 Å². The Kier molecular flexibility index (Phi) is 3.89. The summed E-state index contributed by atoms with van der Waals surface area (Å²) < 4.78 is 5.05. The summed E-state index contributed by atoms with van der Waals surface area (Å²) in [6.45, 7) is 6.91. The quantitative estimate of drug-likeness (QED) is 0.644. The third kappa shape index (κ3) is 4.48. The van der Waals surface area contributed by atoms with Crippen molar-refractivity contribution in [1.29, 1.82) is 5.26 Å². The summed E-state index contributed by atoms with van der Waals surface area (Å²) in [4.78, 5) is 11.3. The molecule has 0 radical (unpaired) electrons. The third-order valence-corrected chi connectivity index (χ3v) is 1.47. The van der Waals surface area contributed by atoms with Crippen molar-refractivity contribution in [3.8, 4) is 6.07 Å². The van der Waals surface area contributed by atoms with Gasteiger partial charge >= 0.3 is 5.97 Å². The highest BCUT2D eigenvalue weighted by Crippen LogP contribution is 2.12. The summed E-state index contributed by atoms with van der Waals surface area (Å²) >= 11 is 0. The highest BCUT2D eigenvalue weighted by molar-refractivity contribution is 5.73. The van der Waals surface area contributed by atoms with Crippen LogP contribution in [0, 0.1) is 17.2 Å². The van der Waals surface area contributed by atoms with E-state index in [2.05, 4.69) is 0 Å². The molecule has 4 nitrogen and oxygen atoms in total. The van der Waals surface area contributed by atoms with Gasteiger partial charge in [-0.2, -0.15) is 5.26 Å². The number of carbonyl (C=O) groups excluding carboxylic acids is 1. The van der Waals surface area contributed by atoms with E-state index >= 15 is 0 Å². The monoisotopic (exact) mass is 184 g/mol. The highest BCUT2D eigenvalue weighted by atomic mass is 16.6.